The first-order chi connectivity index (χ1) is 6.74. The van der Waals surface area contributed by atoms with Crippen LogP contribution in [0, 0.1) is 0 Å². The van der Waals surface area contributed by atoms with E-state index in [1.54, 1.807) is 6.26 Å². The third kappa shape index (κ3) is 1.40. The molecule has 0 bridgehead atoms. The number of aromatic hydroxyl groups is 1. The molecule has 1 heterocycles. The molecule has 3 nitrogen and oxygen atoms in total. The van der Waals surface area contributed by atoms with Crippen LogP contribution in [0.1, 0.15) is 5.56 Å². The van der Waals surface area contributed by atoms with Gasteiger partial charge in [0.05, 0.1) is 10.7 Å². The standard InChI is InChI=1S/C10H10BrNO2/c11-9-7-2-4-14-8(7)5-6(1-3-12)10(9)13/h2,4-5,13H,1,3,12H2. The highest BCUT2D eigenvalue weighted by molar-refractivity contribution is 9.10. The highest BCUT2D eigenvalue weighted by atomic mass is 79.9. The molecule has 0 fully saturated rings. The summed E-state index contributed by atoms with van der Waals surface area (Å²) in [6.45, 7) is 0.506. The Hall–Kier alpha value is -1.00. The zero-order valence-corrected chi connectivity index (χ0v) is 9.04. The number of hydrogen-bond acceptors (Lipinski definition) is 3. The van der Waals surface area contributed by atoms with Gasteiger partial charge in [-0.05, 0) is 41.0 Å². The molecular weight excluding hydrogens is 246 g/mol. The van der Waals surface area contributed by atoms with Gasteiger partial charge in [-0.3, -0.25) is 0 Å². The summed E-state index contributed by atoms with van der Waals surface area (Å²) in [6, 6.07) is 3.63. The average molecular weight is 256 g/mol. The van der Waals surface area contributed by atoms with E-state index in [2.05, 4.69) is 15.9 Å². The number of fused-ring (bicyclic) bond motifs is 1. The van der Waals surface area contributed by atoms with E-state index in [4.69, 9.17) is 10.2 Å². The topological polar surface area (TPSA) is 59.4 Å². The van der Waals surface area contributed by atoms with Gasteiger partial charge < -0.3 is 15.3 Å². The number of furan rings is 1. The number of benzene rings is 1. The van der Waals surface area contributed by atoms with E-state index in [1.807, 2.05) is 12.1 Å². The van der Waals surface area contributed by atoms with Crippen LogP contribution in [0.4, 0.5) is 0 Å². The van der Waals surface area contributed by atoms with E-state index in [1.165, 1.54) is 0 Å². The maximum absolute atomic E-state index is 9.80. The second-order valence-electron chi connectivity index (χ2n) is 3.07. The van der Waals surface area contributed by atoms with Crippen molar-refractivity contribution in [2.75, 3.05) is 6.54 Å². The van der Waals surface area contributed by atoms with E-state index >= 15 is 0 Å². The summed E-state index contributed by atoms with van der Waals surface area (Å²) in [6.07, 6.45) is 2.24. The maximum Gasteiger partial charge on any atom is 0.135 e. The Kier molecular flexibility index (Phi) is 2.48. The molecule has 3 N–H and O–H groups in total. The van der Waals surface area contributed by atoms with Crippen LogP contribution in [-0.4, -0.2) is 11.7 Å². The van der Waals surface area contributed by atoms with Crippen molar-refractivity contribution < 1.29 is 9.52 Å². The normalized spacial score (nSPS) is 11.0. The lowest BCUT2D eigenvalue weighted by molar-refractivity contribution is 0.465. The van der Waals surface area contributed by atoms with Crippen LogP contribution in [-0.2, 0) is 6.42 Å². The van der Waals surface area contributed by atoms with E-state index in [-0.39, 0.29) is 5.75 Å². The smallest absolute Gasteiger partial charge is 0.135 e. The lowest BCUT2D eigenvalue weighted by Crippen LogP contribution is -2.02. The van der Waals surface area contributed by atoms with Crippen molar-refractivity contribution in [3.8, 4) is 5.75 Å². The molecule has 0 aliphatic rings. The molecule has 0 saturated heterocycles. The summed E-state index contributed by atoms with van der Waals surface area (Å²) in [7, 11) is 0. The fraction of sp³-hybridized carbons (Fsp3) is 0.200. The van der Waals surface area contributed by atoms with Gasteiger partial charge in [0.25, 0.3) is 0 Å². The molecule has 2 aromatic rings. The number of hydrogen-bond donors (Lipinski definition) is 2. The van der Waals surface area contributed by atoms with Gasteiger partial charge in [-0.2, -0.15) is 0 Å². The number of phenolic OH excluding ortho intramolecular Hbond substituents is 1. The second-order valence-corrected chi connectivity index (χ2v) is 3.86. The molecule has 1 aromatic heterocycles. The number of nitrogens with two attached hydrogens (primary N) is 1. The number of rotatable bonds is 2. The van der Waals surface area contributed by atoms with Gasteiger partial charge in [0.2, 0.25) is 0 Å². The molecule has 74 valence electrons. The van der Waals surface area contributed by atoms with Crippen LogP contribution in [0.15, 0.2) is 27.3 Å². The molecule has 2 rings (SSSR count). The quantitative estimate of drug-likeness (QED) is 0.867. The predicted octanol–water partition coefficient (Wildman–Crippen LogP) is 2.40. The van der Waals surface area contributed by atoms with Crippen molar-refractivity contribution in [3.63, 3.8) is 0 Å². The van der Waals surface area contributed by atoms with E-state index in [9.17, 15) is 5.11 Å². The second kappa shape index (κ2) is 3.63. The van der Waals surface area contributed by atoms with Crippen LogP contribution in [0.25, 0.3) is 11.0 Å². The van der Waals surface area contributed by atoms with E-state index < -0.39 is 0 Å². The summed E-state index contributed by atoms with van der Waals surface area (Å²) in [5.41, 5.74) is 7.01. The summed E-state index contributed by atoms with van der Waals surface area (Å²) >= 11 is 3.33. The maximum atomic E-state index is 9.80. The molecule has 0 saturated carbocycles. The fourth-order valence-corrected chi connectivity index (χ4v) is 2.04. The van der Waals surface area contributed by atoms with Crippen molar-refractivity contribution in [3.05, 3.63) is 28.4 Å². The fourth-order valence-electron chi connectivity index (χ4n) is 1.46. The molecule has 0 unspecified atom stereocenters. The molecule has 4 heteroatoms. The van der Waals surface area contributed by atoms with Crippen LogP contribution < -0.4 is 5.73 Å². The summed E-state index contributed by atoms with van der Waals surface area (Å²) in [5, 5.41) is 10.7. The Labute approximate surface area is 89.6 Å². The molecule has 0 aliphatic carbocycles. The highest BCUT2D eigenvalue weighted by Gasteiger charge is 2.11. The van der Waals surface area contributed by atoms with Gasteiger partial charge in [0.1, 0.15) is 11.3 Å². The third-order valence-corrected chi connectivity index (χ3v) is 2.97. The minimum absolute atomic E-state index is 0.254. The molecule has 0 aliphatic heterocycles. The van der Waals surface area contributed by atoms with Crippen molar-refractivity contribution in [2.24, 2.45) is 5.73 Å². The van der Waals surface area contributed by atoms with Crippen LogP contribution in [0.5, 0.6) is 5.75 Å². The lowest BCUT2D eigenvalue weighted by Gasteiger charge is -2.05. The Morgan fingerprint density at radius 1 is 1.50 bits per heavy atom. The molecule has 0 radical (unpaired) electrons. The first-order valence-electron chi connectivity index (χ1n) is 4.31. The average Bonchev–Trinajstić information content (AvgIpc) is 2.62. The minimum atomic E-state index is 0.254. The molecule has 0 spiro atoms. The van der Waals surface area contributed by atoms with Crippen molar-refractivity contribution in [1.82, 2.24) is 0 Å². The largest absolute Gasteiger partial charge is 0.506 e. The van der Waals surface area contributed by atoms with Gasteiger partial charge in [0.15, 0.2) is 0 Å². The first-order valence-corrected chi connectivity index (χ1v) is 5.11. The lowest BCUT2D eigenvalue weighted by atomic mass is 10.1. The van der Waals surface area contributed by atoms with E-state index in [0.717, 1.165) is 16.5 Å². The zero-order chi connectivity index (χ0) is 10.1. The molecule has 14 heavy (non-hydrogen) atoms. The Morgan fingerprint density at radius 2 is 2.29 bits per heavy atom. The van der Waals surface area contributed by atoms with Crippen molar-refractivity contribution in [2.45, 2.75) is 6.42 Å². The van der Waals surface area contributed by atoms with Crippen LogP contribution in [0.2, 0.25) is 0 Å². The molecule has 0 amide bonds. The SMILES string of the molecule is NCCc1cc2occc2c(Br)c1O. The summed E-state index contributed by atoms with van der Waals surface area (Å²) < 4.78 is 5.93. The summed E-state index contributed by atoms with van der Waals surface area (Å²) in [4.78, 5) is 0. The zero-order valence-electron chi connectivity index (χ0n) is 7.46. The van der Waals surface area contributed by atoms with Gasteiger partial charge in [-0.1, -0.05) is 0 Å². The summed E-state index contributed by atoms with van der Waals surface area (Å²) in [5.74, 6) is 0.254. The Morgan fingerprint density at radius 3 is 3.00 bits per heavy atom. The number of halogens is 1. The highest BCUT2D eigenvalue weighted by Crippen LogP contribution is 2.36. The third-order valence-electron chi connectivity index (χ3n) is 2.16. The van der Waals surface area contributed by atoms with Gasteiger partial charge in [0, 0.05) is 10.9 Å². The molecule has 1 aromatic carbocycles. The van der Waals surface area contributed by atoms with Crippen molar-refractivity contribution in [1.29, 1.82) is 0 Å². The molecular formula is C10H10BrNO2. The molecule has 0 atom stereocenters. The monoisotopic (exact) mass is 255 g/mol. The van der Waals surface area contributed by atoms with Gasteiger partial charge >= 0.3 is 0 Å². The van der Waals surface area contributed by atoms with Gasteiger partial charge in [-0.15, -0.1) is 0 Å². The Bertz CT molecular complexity index is 464. The van der Waals surface area contributed by atoms with Crippen molar-refractivity contribution >= 4 is 26.9 Å². The predicted molar refractivity (Wildman–Crippen MR) is 58.3 cm³/mol. The van der Waals surface area contributed by atoms with Crippen LogP contribution in [0.3, 0.4) is 0 Å². The van der Waals surface area contributed by atoms with E-state index in [0.29, 0.717) is 17.4 Å². The van der Waals surface area contributed by atoms with Crippen LogP contribution >= 0.6 is 15.9 Å². The Balaban J connectivity index is 2.67. The first kappa shape index (κ1) is 9.55. The minimum Gasteiger partial charge on any atom is -0.506 e. The number of phenols is 1. The van der Waals surface area contributed by atoms with Gasteiger partial charge in [-0.25, -0.2) is 0 Å².